The summed E-state index contributed by atoms with van der Waals surface area (Å²) in [5.74, 6) is 0.491. The Bertz CT molecular complexity index is 847. The van der Waals surface area contributed by atoms with Crippen molar-refractivity contribution in [2.45, 2.75) is 0 Å². The topological polar surface area (TPSA) is 60.5 Å². The Morgan fingerprint density at radius 2 is 1.84 bits per heavy atom. The molecule has 1 N–H and O–H groups in total. The molecule has 6 heteroatoms. The van der Waals surface area contributed by atoms with Crippen molar-refractivity contribution in [3.05, 3.63) is 66.6 Å². The molecule has 3 aromatic rings. The van der Waals surface area contributed by atoms with Crippen molar-refractivity contribution in [2.75, 3.05) is 19.8 Å². The van der Waals surface area contributed by atoms with Gasteiger partial charge in [0.05, 0.1) is 6.54 Å². The summed E-state index contributed by atoms with van der Waals surface area (Å²) in [6.45, 7) is 0.522. The van der Waals surface area contributed by atoms with Gasteiger partial charge in [-0.15, -0.1) is 0 Å². The van der Waals surface area contributed by atoms with Crippen LogP contribution in [0.15, 0.2) is 60.8 Å². The SMILES string of the molecule is O=C(COc1ccc(F)cc1)NCCOc1cccc2cccnc12. The average molecular weight is 340 g/mol. The van der Waals surface area contributed by atoms with Crippen LogP contribution >= 0.6 is 0 Å². The number of nitrogens with zero attached hydrogens (tertiary/aromatic N) is 1. The van der Waals surface area contributed by atoms with Gasteiger partial charge < -0.3 is 14.8 Å². The minimum Gasteiger partial charge on any atom is -0.489 e. The van der Waals surface area contributed by atoms with Gasteiger partial charge in [0.25, 0.3) is 5.91 Å². The number of aromatic nitrogens is 1. The third-order valence-electron chi connectivity index (χ3n) is 3.46. The van der Waals surface area contributed by atoms with E-state index in [0.29, 0.717) is 24.7 Å². The normalized spacial score (nSPS) is 10.4. The molecule has 1 heterocycles. The minimum atomic E-state index is -0.350. The van der Waals surface area contributed by atoms with Crippen LogP contribution in [0.5, 0.6) is 11.5 Å². The fraction of sp³-hybridized carbons (Fsp3) is 0.158. The quantitative estimate of drug-likeness (QED) is 0.672. The molecule has 1 aromatic heterocycles. The number of amides is 1. The fourth-order valence-corrected chi connectivity index (χ4v) is 2.27. The number of hydrogen-bond donors (Lipinski definition) is 1. The number of fused-ring (bicyclic) bond motifs is 1. The number of rotatable bonds is 7. The largest absolute Gasteiger partial charge is 0.489 e. The van der Waals surface area contributed by atoms with Crippen LogP contribution in [0.4, 0.5) is 4.39 Å². The highest BCUT2D eigenvalue weighted by Gasteiger charge is 2.05. The molecule has 0 fully saturated rings. The van der Waals surface area contributed by atoms with Gasteiger partial charge in [0, 0.05) is 11.6 Å². The van der Waals surface area contributed by atoms with Crippen molar-refractivity contribution in [1.82, 2.24) is 10.3 Å². The number of pyridine rings is 1. The number of halogens is 1. The van der Waals surface area contributed by atoms with Gasteiger partial charge in [-0.1, -0.05) is 18.2 Å². The molecule has 1 amide bonds. The molecule has 0 radical (unpaired) electrons. The highest BCUT2D eigenvalue weighted by molar-refractivity contribution is 5.84. The van der Waals surface area contributed by atoms with Crippen LogP contribution < -0.4 is 14.8 Å². The number of carbonyl (C=O) groups is 1. The Labute approximate surface area is 144 Å². The molecule has 0 spiro atoms. The van der Waals surface area contributed by atoms with Crippen LogP contribution in [0, 0.1) is 5.82 Å². The lowest BCUT2D eigenvalue weighted by Crippen LogP contribution is -2.32. The zero-order valence-corrected chi connectivity index (χ0v) is 13.4. The summed E-state index contributed by atoms with van der Waals surface area (Å²) in [5.41, 5.74) is 0.788. The summed E-state index contributed by atoms with van der Waals surface area (Å²) >= 11 is 0. The summed E-state index contributed by atoms with van der Waals surface area (Å²) in [4.78, 5) is 16.0. The van der Waals surface area contributed by atoms with Gasteiger partial charge in [0.1, 0.15) is 29.4 Å². The van der Waals surface area contributed by atoms with Gasteiger partial charge in [0.2, 0.25) is 0 Å². The van der Waals surface area contributed by atoms with E-state index in [-0.39, 0.29) is 18.3 Å². The van der Waals surface area contributed by atoms with Crippen LogP contribution in [0.2, 0.25) is 0 Å². The summed E-state index contributed by atoms with van der Waals surface area (Å²) < 4.78 is 23.7. The van der Waals surface area contributed by atoms with Gasteiger partial charge in [0.15, 0.2) is 6.61 Å². The Kier molecular flexibility index (Phi) is 5.41. The average Bonchev–Trinajstić information content (AvgIpc) is 2.65. The second kappa shape index (κ2) is 8.10. The lowest BCUT2D eigenvalue weighted by molar-refractivity contribution is -0.123. The summed E-state index contributed by atoms with van der Waals surface area (Å²) in [6.07, 6.45) is 1.71. The third-order valence-corrected chi connectivity index (χ3v) is 3.46. The zero-order valence-electron chi connectivity index (χ0n) is 13.4. The second-order valence-electron chi connectivity index (χ2n) is 5.27. The molecule has 128 valence electrons. The maximum absolute atomic E-state index is 12.8. The maximum Gasteiger partial charge on any atom is 0.258 e. The van der Waals surface area contributed by atoms with Crippen LogP contribution in [0.25, 0.3) is 10.9 Å². The zero-order chi connectivity index (χ0) is 17.5. The number of para-hydroxylation sites is 1. The lowest BCUT2D eigenvalue weighted by Gasteiger charge is -2.10. The first-order chi connectivity index (χ1) is 12.2. The van der Waals surface area contributed by atoms with E-state index in [2.05, 4.69) is 10.3 Å². The smallest absolute Gasteiger partial charge is 0.258 e. The number of ether oxygens (including phenoxy) is 2. The molecule has 0 saturated carbocycles. The molecule has 0 aliphatic rings. The van der Waals surface area contributed by atoms with Gasteiger partial charge in [-0.2, -0.15) is 0 Å². The first-order valence-electron chi connectivity index (χ1n) is 7.84. The summed E-state index contributed by atoms with van der Waals surface area (Å²) in [5, 5.41) is 3.70. The van der Waals surface area contributed by atoms with Crippen LogP contribution in [-0.2, 0) is 4.79 Å². The Balaban J connectivity index is 1.42. The molecule has 0 bridgehead atoms. The van der Waals surface area contributed by atoms with Gasteiger partial charge in [-0.3, -0.25) is 9.78 Å². The fourth-order valence-electron chi connectivity index (χ4n) is 2.27. The molecule has 0 atom stereocenters. The first-order valence-corrected chi connectivity index (χ1v) is 7.84. The summed E-state index contributed by atoms with van der Waals surface area (Å²) in [7, 11) is 0. The van der Waals surface area contributed by atoms with E-state index in [1.54, 1.807) is 6.20 Å². The second-order valence-corrected chi connectivity index (χ2v) is 5.27. The van der Waals surface area contributed by atoms with Crippen molar-refractivity contribution in [3.63, 3.8) is 0 Å². The predicted octanol–water partition coefficient (Wildman–Crippen LogP) is 2.95. The molecule has 0 aliphatic carbocycles. The molecule has 0 unspecified atom stereocenters. The monoisotopic (exact) mass is 340 g/mol. The molecule has 3 rings (SSSR count). The Morgan fingerprint density at radius 3 is 2.68 bits per heavy atom. The van der Waals surface area contributed by atoms with Crippen molar-refractivity contribution >= 4 is 16.8 Å². The van der Waals surface area contributed by atoms with Gasteiger partial charge in [-0.05, 0) is 36.4 Å². The molecule has 25 heavy (non-hydrogen) atoms. The highest BCUT2D eigenvalue weighted by Crippen LogP contribution is 2.22. The van der Waals surface area contributed by atoms with Gasteiger partial charge >= 0.3 is 0 Å². The number of nitrogens with one attached hydrogen (secondary N) is 1. The van der Waals surface area contributed by atoms with Crippen molar-refractivity contribution < 1.29 is 18.7 Å². The lowest BCUT2D eigenvalue weighted by atomic mass is 10.2. The minimum absolute atomic E-state index is 0.137. The van der Waals surface area contributed by atoms with Crippen LogP contribution in [0.3, 0.4) is 0 Å². The van der Waals surface area contributed by atoms with E-state index < -0.39 is 0 Å². The number of benzene rings is 2. The molecule has 5 nitrogen and oxygen atoms in total. The molecular weight excluding hydrogens is 323 g/mol. The number of hydrogen-bond acceptors (Lipinski definition) is 4. The highest BCUT2D eigenvalue weighted by atomic mass is 19.1. The van der Waals surface area contributed by atoms with E-state index in [1.807, 2.05) is 30.3 Å². The third kappa shape index (κ3) is 4.67. The number of carbonyl (C=O) groups excluding carboxylic acids is 1. The van der Waals surface area contributed by atoms with Gasteiger partial charge in [-0.25, -0.2) is 4.39 Å². The Hall–Kier alpha value is -3.15. The van der Waals surface area contributed by atoms with Crippen molar-refractivity contribution in [1.29, 1.82) is 0 Å². The molecule has 0 aliphatic heterocycles. The summed E-state index contributed by atoms with van der Waals surface area (Å²) in [6, 6.07) is 15.0. The van der Waals surface area contributed by atoms with E-state index in [9.17, 15) is 9.18 Å². The maximum atomic E-state index is 12.8. The first kappa shape index (κ1) is 16.7. The predicted molar refractivity (Wildman–Crippen MR) is 92.1 cm³/mol. The van der Waals surface area contributed by atoms with E-state index in [0.717, 1.165) is 10.9 Å². The molecule has 0 saturated heterocycles. The van der Waals surface area contributed by atoms with E-state index >= 15 is 0 Å². The van der Waals surface area contributed by atoms with Crippen LogP contribution in [0.1, 0.15) is 0 Å². The standard InChI is InChI=1S/C19H17FN2O3/c20-15-6-8-16(9-7-15)25-13-18(23)21-11-12-24-17-5-1-3-14-4-2-10-22-19(14)17/h1-10H,11-13H2,(H,21,23). The van der Waals surface area contributed by atoms with Crippen LogP contribution in [-0.4, -0.2) is 30.6 Å². The van der Waals surface area contributed by atoms with E-state index in [4.69, 9.17) is 9.47 Å². The molecule has 2 aromatic carbocycles. The van der Waals surface area contributed by atoms with Crippen molar-refractivity contribution in [3.8, 4) is 11.5 Å². The Morgan fingerprint density at radius 1 is 1.04 bits per heavy atom. The van der Waals surface area contributed by atoms with E-state index in [1.165, 1.54) is 24.3 Å². The molecular formula is C19H17FN2O3. The van der Waals surface area contributed by atoms with Crippen molar-refractivity contribution in [2.24, 2.45) is 0 Å².